The van der Waals surface area contributed by atoms with E-state index < -0.39 is 11.3 Å². The lowest BCUT2D eigenvalue weighted by atomic mass is 10.0. The number of carbonyl (C=O) groups excluding carboxylic acids is 2. The van der Waals surface area contributed by atoms with Crippen LogP contribution in [0.2, 0.25) is 0 Å². The maximum atomic E-state index is 13.2. The van der Waals surface area contributed by atoms with Gasteiger partial charge in [0.25, 0.3) is 11.8 Å². The van der Waals surface area contributed by atoms with Crippen LogP contribution in [-0.2, 0) is 13.1 Å². The predicted octanol–water partition coefficient (Wildman–Crippen LogP) is 4.21. The van der Waals surface area contributed by atoms with Crippen molar-refractivity contribution in [3.05, 3.63) is 81.8 Å². The van der Waals surface area contributed by atoms with Crippen molar-refractivity contribution in [3.8, 4) is 0 Å². The van der Waals surface area contributed by atoms with Crippen molar-refractivity contribution in [3.63, 3.8) is 0 Å². The van der Waals surface area contributed by atoms with Crippen LogP contribution in [0.15, 0.2) is 59.7 Å². The first-order valence-corrected chi connectivity index (χ1v) is 11.7. The van der Waals surface area contributed by atoms with E-state index in [1.165, 1.54) is 0 Å². The third-order valence-corrected chi connectivity index (χ3v) is 6.09. The van der Waals surface area contributed by atoms with Crippen LogP contribution in [-0.4, -0.2) is 34.4 Å². The van der Waals surface area contributed by atoms with Gasteiger partial charge in [-0.25, -0.2) is 0 Å². The summed E-state index contributed by atoms with van der Waals surface area (Å²) in [6, 6.07) is 13.9. The lowest BCUT2D eigenvalue weighted by Gasteiger charge is -2.27. The van der Waals surface area contributed by atoms with Gasteiger partial charge in [0, 0.05) is 38.6 Å². The van der Waals surface area contributed by atoms with Crippen molar-refractivity contribution in [1.82, 2.24) is 14.8 Å². The minimum Gasteiger partial charge on any atom is -0.352 e. The highest BCUT2D eigenvalue weighted by Crippen LogP contribution is 2.18. The summed E-state index contributed by atoms with van der Waals surface area (Å²) in [4.78, 5) is 41.2. The molecule has 172 valence electrons. The highest BCUT2D eigenvalue weighted by Gasteiger charge is 2.24. The van der Waals surface area contributed by atoms with E-state index in [0.29, 0.717) is 32.1 Å². The van der Waals surface area contributed by atoms with Crippen molar-refractivity contribution in [1.29, 1.82) is 0 Å². The highest BCUT2D eigenvalue weighted by atomic mass is 16.2. The molecule has 1 aliphatic heterocycles. The molecule has 0 radical (unpaired) electrons. The van der Waals surface area contributed by atoms with E-state index in [1.54, 1.807) is 21.9 Å². The maximum Gasteiger partial charge on any atom is 0.259 e. The van der Waals surface area contributed by atoms with Gasteiger partial charge in [-0.05, 0) is 41.5 Å². The normalized spacial score (nSPS) is 14.0. The molecule has 4 rings (SSSR count). The number of carbonyl (C=O) groups is 2. The predicted molar refractivity (Wildman–Crippen MR) is 130 cm³/mol. The largest absolute Gasteiger partial charge is 0.352 e. The molecule has 1 aliphatic rings. The molecule has 33 heavy (non-hydrogen) atoms. The zero-order valence-corrected chi connectivity index (χ0v) is 19.3. The number of pyridine rings is 1. The summed E-state index contributed by atoms with van der Waals surface area (Å²) in [6.45, 7) is 6.34. The lowest BCUT2D eigenvalue weighted by molar-refractivity contribution is 0.0722. The van der Waals surface area contributed by atoms with Gasteiger partial charge in [0.15, 0.2) is 0 Å². The average Bonchev–Trinajstić information content (AvgIpc) is 2.83. The number of rotatable bonds is 6. The van der Waals surface area contributed by atoms with Crippen LogP contribution in [0.1, 0.15) is 59.4 Å². The minimum atomic E-state index is -0.499. The molecule has 6 heteroatoms. The van der Waals surface area contributed by atoms with Gasteiger partial charge in [0.05, 0.1) is 0 Å². The third kappa shape index (κ3) is 5.16. The Bertz CT molecular complexity index is 1220. The second-order valence-electron chi connectivity index (χ2n) is 9.18. The first-order chi connectivity index (χ1) is 15.9. The Morgan fingerprint density at radius 1 is 0.939 bits per heavy atom. The monoisotopic (exact) mass is 445 g/mol. The van der Waals surface area contributed by atoms with Crippen LogP contribution < -0.4 is 10.7 Å². The molecule has 1 aromatic heterocycles. The lowest BCUT2D eigenvalue weighted by Crippen LogP contribution is -2.40. The molecule has 0 spiro atoms. The van der Waals surface area contributed by atoms with E-state index in [2.05, 4.69) is 19.2 Å². The Hall–Kier alpha value is -3.41. The molecule has 0 unspecified atom stereocenters. The number of nitrogens with one attached hydrogen (secondary N) is 1. The Kier molecular flexibility index (Phi) is 6.92. The van der Waals surface area contributed by atoms with Gasteiger partial charge in [-0.1, -0.05) is 56.3 Å². The molecule has 1 saturated heterocycles. The fourth-order valence-corrected chi connectivity index (χ4v) is 4.46. The molecule has 1 fully saturated rings. The first-order valence-electron chi connectivity index (χ1n) is 11.7. The molecule has 3 aromatic rings. The average molecular weight is 446 g/mol. The van der Waals surface area contributed by atoms with Crippen molar-refractivity contribution < 1.29 is 9.59 Å². The van der Waals surface area contributed by atoms with E-state index in [1.807, 2.05) is 42.5 Å². The van der Waals surface area contributed by atoms with E-state index in [-0.39, 0.29) is 17.0 Å². The van der Waals surface area contributed by atoms with Crippen molar-refractivity contribution in [2.75, 3.05) is 13.1 Å². The summed E-state index contributed by atoms with van der Waals surface area (Å²) in [5, 5.41) is 5.05. The van der Waals surface area contributed by atoms with Crippen molar-refractivity contribution >= 4 is 22.6 Å². The van der Waals surface area contributed by atoms with Crippen LogP contribution in [0.4, 0.5) is 0 Å². The highest BCUT2D eigenvalue weighted by molar-refractivity contribution is 5.99. The van der Waals surface area contributed by atoms with Crippen LogP contribution >= 0.6 is 0 Å². The standard InChI is InChI=1S/C27H31N3O3/c1-19(2)16-29-17-23(25(31)24(18-29)27(33)30-13-6-3-7-14-30)26(32)28-15-21-11-8-10-20-9-4-5-12-22(20)21/h4-5,8-12,17-19H,3,6-7,13-16H2,1-2H3,(H,28,32). The number of hydrogen-bond acceptors (Lipinski definition) is 3. The van der Waals surface area contributed by atoms with E-state index in [4.69, 9.17) is 0 Å². The summed E-state index contributed by atoms with van der Waals surface area (Å²) in [5.74, 6) is -0.434. The molecule has 2 heterocycles. The van der Waals surface area contributed by atoms with Crippen LogP contribution in [0.3, 0.4) is 0 Å². The van der Waals surface area contributed by atoms with Crippen molar-refractivity contribution in [2.45, 2.75) is 46.2 Å². The zero-order chi connectivity index (χ0) is 23.4. The quantitative estimate of drug-likeness (QED) is 0.618. The van der Waals surface area contributed by atoms with Gasteiger partial charge in [0.2, 0.25) is 5.43 Å². The van der Waals surface area contributed by atoms with E-state index in [9.17, 15) is 14.4 Å². The number of fused-ring (bicyclic) bond motifs is 1. The summed E-state index contributed by atoms with van der Waals surface area (Å²) < 4.78 is 1.80. The maximum absolute atomic E-state index is 13.2. The molecule has 0 bridgehead atoms. The Morgan fingerprint density at radius 2 is 1.64 bits per heavy atom. The van der Waals surface area contributed by atoms with E-state index in [0.717, 1.165) is 35.6 Å². The van der Waals surface area contributed by atoms with Crippen LogP contribution in [0, 0.1) is 5.92 Å². The van der Waals surface area contributed by atoms with Gasteiger partial charge >= 0.3 is 0 Å². The van der Waals surface area contributed by atoms with Crippen LogP contribution in [0.5, 0.6) is 0 Å². The fraction of sp³-hybridized carbons (Fsp3) is 0.370. The summed E-state index contributed by atoms with van der Waals surface area (Å²) in [6.07, 6.45) is 6.17. The van der Waals surface area contributed by atoms with E-state index >= 15 is 0 Å². The Labute approximate surface area is 194 Å². The number of amides is 2. The fourth-order valence-electron chi connectivity index (χ4n) is 4.46. The minimum absolute atomic E-state index is 0.0127. The molecule has 1 N–H and O–H groups in total. The molecule has 2 aromatic carbocycles. The van der Waals surface area contributed by atoms with Gasteiger partial charge in [-0.2, -0.15) is 0 Å². The molecule has 0 saturated carbocycles. The summed E-state index contributed by atoms with van der Waals surface area (Å²) >= 11 is 0. The van der Waals surface area contributed by atoms with Crippen LogP contribution in [0.25, 0.3) is 10.8 Å². The summed E-state index contributed by atoms with van der Waals surface area (Å²) in [7, 11) is 0. The topological polar surface area (TPSA) is 71.4 Å². The number of hydrogen-bond donors (Lipinski definition) is 1. The second-order valence-corrected chi connectivity index (χ2v) is 9.18. The first kappa shape index (κ1) is 22.8. The SMILES string of the molecule is CC(C)Cn1cc(C(=O)NCc2cccc3ccccc23)c(=O)c(C(=O)N2CCCCC2)c1. The smallest absolute Gasteiger partial charge is 0.259 e. The van der Waals surface area contributed by atoms with Gasteiger partial charge < -0.3 is 14.8 Å². The number of likely N-dealkylation sites (tertiary alicyclic amines) is 1. The molecule has 0 atom stereocenters. The Morgan fingerprint density at radius 3 is 2.39 bits per heavy atom. The molecule has 2 amide bonds. The molecular formula is C27H31N3O3. The Balaban J connectivity index is 1.63. The number of benzene rings is 2. The van der Waals surface area contributed by atoms with Gasteiger partial charge in [-0.15, -0.1) is 0 Å². The van der Waals surface area contributed by atoms with Crippen molar-refractivity contribution in [2.24, 2.45) is 5.92 Å². The second kappa shape index (κ2) is 10.0. The third-order valence-electron chi connectivity index (χ3n) is 6.09. The zero-order valence-electron chi connectivity index (χ0n) is 19.3. The molecular weight excluding hydrogens is 414 g/mol. The molecule has 6 nitrogen and oxygen atoms in total. The van der Waals surface area contributed by atoms with Gasteiger partial charge in [0.1, 0.15) is 11.1 Å². The summed E-state index contributed by atoms with van der Waals surface area (Å²) in [5.41, 5.74) is 0.569. The number of aromatic nitrogens is 1. The number of piperidine rings is 1. The number of nitrogens with zero attached hydrogens (tertiary/aromatic N) is 2. The molecule has 0 aliphatic carbocycles. The van der Waals surface area contributed by atoms with Gasteiger partial charge in [-0.3, -0.25) is 14.4 Å².